The van der Waals surface area contributed by atoms with E-state index in [4.69, 9.17) is 5.73 Å². The number of rotatable bonds is 4. The average Bonchev–Trinajstić information content (AvgIpc) is 2.86. The number of hydrogen-bond acceptors (Lipinski definition) is 3. The summed E-state index contributed by atoms with van der Waals surface area (Å²) in [5.41, 5.74) is 6.15. The molecule has 0 spiro atoms. The molecule has 2 aliphatic carbocycles. The fraction of sp³-hybridized carbons (Fsp3) is 0.933. The first-order chi connectivity index (χ1) is 9.03. The second-order valence-electron chi connectivity index (χ2n) is 6.67. The second-order valence-corrected chi connectivity index (χ2v) is 6.67. The fourth-order valence-corrected chi connectivity index (χ4v) is 3.68. The van der Waals surface area contributed by atoms with Gasteiger partial charge in [0.15, 0.2) is 0 Å². The summed E-state index contributed by atoms with van der Waals surface area (Å²) < 4.78 is 0. The van der Waals surface area contributed by atoms with Crippen molar-refractivity contribution in [3.63, 3.8) is 0 Å². The smallest absolute Gasteiger partial charge is 0.223 e. The number of amides is 1. The van der Waals surface area contributed by atoms with E-state index in [0.29, 0.717) is 0 Å². The van der Waals surface area contributed by atoms with Gasteiger partial charge in [-0.2, -0.15) is 0 Å². The summed E-state index contributed by atoms with van der Waals surface area (Å²) in [4.78, 5) is 14.6. The molecule has 0 aliphatic heterocycles. The number of carbonyl (C=O) groups excluding carboxylic acids is 1. The lowest BCUT2D eigenvalue weighted by Gasteiger charge is -2.37. The van der Waals surface area contributed by atoms with Crippen molar-refractivity contribution < 1.29 is 4.79 Å². The summed E-state index contributed by atoms with van der Waals surface area (Å²) in [7, 11) is 4.27. The topological polar surface area (TPSA) is 58.4 Å². The molecule has 0 aromatic rings. The van der Waals surface area contributed by atoms with E-state index in [9.17, 15) is 4.79 Å². The predicted molar refractivity (Wildman–Crippen MR) is 77.8 cm³/mol. The third-order valence-electron chi connectivity index (χ3n) is 5.16. The molecule has 0 bridgehead atoms. The zero-order chi connectivity index (χ0) is 13.9. The third-order valence-corrected chi connectivity index (χ3v) is 5.16. The van der Waals surface area contributed by atoms with Crippen molar-refractivity contribution >= 4 is 5.91 Å². The van der Waals surface area contributed by atoms with Crippen molar-refractivity contribution in [2.45, 2.75) is 62.9 Å². The van der Waals surface area contributed by atoms with E-state index in [1.165, 1.54) is 25.7 Å². The van der Waals surface area contributed by atoms with Crippen molar-refractivity contribution in [2.24, 2.45) is 11.7 Å². The Morgan fingerprint density at radius 1 is 1.26 bits per heavy atom. The maximum Gasteiger partial charge on any atom is 0.223 e. The maximum absolute atomic E-state index is 12.3. The standard InChI is InChI=1S/C15H29N3O/c1-18(2)15(8-3-4-9-15)11-17-14(19)12-6-5-7-13(16)10-12/h12-13H,3-11,16H2,1-2H3,(H,17,19). The lowest BCUT2D eigenvalue weighted by atomic mass is 9.85. The highest BCUT2D eigenvalue weighted by Gasteiger charge is 2.37. The Labute approximate surface area is 117 Å². The minimum Gasteiger partial charge on any atom is -0.354 e. The molecule has 1 amide bonds. The van der Waals surface area contributed by atoms with Crippen LogP contribution in [0.1, 0.15) is 51.4 Å². The third kappa shape index (κ3) is 3.48. The molecule has 19 heavy (non-hydrogen) atoms. The van der Waals surface area contributed by atoms with E-state index in [1.807, 2.05) is 0 Å². The van der Waals surface area contributed by atoms with Crippen LogP contribution in [-0.4, -0.2) is 43.0 Å². The first kappa shape index (κ1) is 14.8. The molecule has 0 aromatic heterocycles. The average molecular weight is 267 g/mol. The largest absolute Gasteiger partial charge is 0.354 e. The van der Waals surface area contributed by atoms with Gasteiger partial charge < -0.3 is 16.0 Å². The van der Waals surface area contributed by atoms with Gasteiger partial charge in [-0.15, -0.1) is 0 Å². The van der Waals surface area contributed by atoms with Gasteiger partial charge >= 0.3 is 0 Å². The molecule has 0 aromatic carbocycles. The normalized spacial score (nSPS) is 30.5. The Bertz CT molecular complexity index is 311. The van der Waals surface area contributed by atoms with Gasteiger partial charge in [-0.1, -0.05) is 19.3 Å². The highest BCUT2D eigenvalue weighted by atomic mass is 16.1. The molecular formula is C15H29N3O. The molecular weight excluding hydrogens is 238 g/mol. The van der Waals surface area contributed by atoms with Gasteiger partial charge in [-0.05, 0) is 46.2 Å². The molecule has 2 rings (SSSR count). The number of likely N-dealkylation sites (N-methyl/N-ethyl adjacent to an activating group) is 1. The van der Waals surface area contributed by atoms with Crippen LogP contribution >= 0.6 is 0 Å². The van der Waals surface area contributed by atoms with E-state index in [0.717, 1.165) is 32.2 Å². The summed E-state index contributed by atoms with van der Waals surface area (Å²) >= 11 is 0. The molecule has 4 heteroatoms. The molecule has 3 N–H and O–H groups in total. The number of nitrogens with one attached hydrogen (secondary N) is 1. The van der Waals surface area contributed by atoms with Crippen LogP contribution in [0.2, 0.25) is 0 Å². The van der Waals surface area contributed by atoms with Gasteiger partial charge in [0, 0.05) is 24.0 Å². The zero-order valence-electron chi connectivity index (χ0n) is 12.5. The Hall–Kier alpha value is -0.610. The van der Waals surface area contributed by atoms with Crippen LogP contribution in [0.4, 0.5) is 0 Å². The highest BCUT2D eigenvalue weighted by molar-refractivity contribution is 5.78. The second kappa shape index (κ2) is 6.23. The minimum atomic E-state index is 0.143. The maximum atomic E-state index is 12.3. The van der Waals surface area contributed by atoms with Crippen molar-refractivity contribution in [1.29, 1.82) is 0 Å². The lowest BCUT2D eigenvalue weighted by Crippen LogP contribution is -2.52. The molecule has 2 aliphatic rings. The van der Waals surface area contributed by atoms with Crippen molar-refractivity contribution in [3.8, 4) is 0 Å². The van der Waals surface area contributed by atoms with Crippen LogP contribution in [0.25, 0.3) is 0 Å². The molecule has 4 nitrogen and oxygen atoms in total. The summed E-state index contributed by atoms with van der Waals surface area (Å²) in [6.45, 7) is 0.796. The van der Waals surface area contributed by atoms with Crippen LogP contribution < -0.4 is 11.1 Å². The van der Waals surface area contributed by atoms with Crippen molar-refractivity contribution in [2.75, 3.05) is 20.6 Å². The molecule has 2 unspecified atom stereocenters. The number of nitrogens with zero attached hydrogens (tertiary/aromatic N) is 1. The van der Waals surface area contributed by atoms with E-state index in [1.54, 1.807) is 0 Å². The van der Waals surface area contributed by atoms with Gasteiger partial charge in [0.2, 0.25) is 5.91 Å². The van der Waals surface area contributed by atoms with Crippen molar-refractivity contribution in [1.82, 2.24) is 10.2 Å². The van der Waals surface area contributed by atoms with Crippen LogP contribution in [0.5, 0.6) is 0 Å². The molecule has 0 heterocycles. The fourth-order valence-electron chi connectivity index (χ4n) is 3.68. The number of nitrogens with two attached hydrogens (primary N) is 1. The monoisotopic (exact) mass is 267 g/mol. The predicted octanol–water partition coefficient (Wildman–Crippen LogP) is 1.49. The van der Waals surface area contributed by atoms with E-state index in [-0.39, 0.29) is 23.4 Å². The van der Waals surface area contributed by atoms with Gasteiger partial charge in [-0.3, -0.25) is 4.79 Å². The number of carbonyl (C=O) groups is 1. The minimum absolute atomic E-state index is 0.143. The SMILES string of the molecule is CN(C)C1(CNC(=O)C2CCCC(N)C2)CCCC1. The Kier molecular flexibility index (Phi) is 4.85. The summed E-state index contributed by atoms with van der Waals surface area (Å²) in [6, 6.07) is 0.221. The van der Waals surface area contributed by atoms with Gasteiger partial charge in [0.1, 0.15) is 0 Å². The summed E-state index contributed by atoms with van der Waals surface area (Å²) in [5, 5.41) is 3.20. The number of hydrogen-bond donors (Lipinski definition) is 2. The van der Waals surface area contributed by atoms with Gasteiger partial charge in [0.05, 0.1) is 0 Å². The first-order valence-corrected chi connectivity index (χ1v) is 7.74. The molecule has 110 valence electrons. The van der Waals surface area contributed by atoms with Crippen LogP contribution in [-0.2, 0) is 4.79 Å². The molecule has 2 atom stereocenters. The first-order valence-electron chi connectivity index (χ1n) is 7.74. The Morgan fingerprint density at radius 3 is 2.53 bits per heavy atom. The van der Waals surface area contributed by atoms with Gasteiger partial charge in [-0.25, -0.2) is 0 Å². The Balaban J connectivity index is 1.85. The van der Waals surface area contributed by atoms with E-state index in [2.05, 4.69) is 24.3 Å². The van der Waals surface area contributed by atoms with Crippen LogP contribution in [0.15, 0.2) is 0 Å². The lowest BCUT2D eigenvalue weighted by molar-refractivity contribution is -0.126. The summed E-state index contributed by atoms with van der Waals surface area (Å²) in [5.74, 6) is 0.368. The molecule has 0 radical (unpaired) electrons. The molecule has 2 fully saturated rings. The van der Waals surface area contributed by atoms with Gasteiger partial charge in [0.25, 0.3) is 0 Å². The van der Waals surface area contributed by atoms with E-state index >= 15 is 0 Å². The zero-order valence-corrected chi connectivity index (χ0v) is 12.5. The van der Waals surface area contributed by atoms with E-state index < -0.39 is 0 Å². The quantitative estimate of drug-likeness (QED) is 0.811. The van der Waals surface area contributed by atoms with Crippen molar-refractivity contribution in [3.05, 3.63) is 0 Å². The summed E-state index contributed by atoms with van der Waals surface area (Å²) in [6.07, 6.45) is 9.00. The Morgan fingerprint density at radius 2 is 1.95 bits per heavy atom. The van der Waals surface area contributed by atoms with Crippen LogP contribution in [0, 0.1) is 5.92 Å². The molecule has 0 saturated heterocycles. The van der Waals surface area contributed by atoms with Crippen LogP contribution in [0.3, 0.4) is 0 Å². The molecule has 2 saturated carbocycles. The highest BCUT2D eigenvalue weighted by Crippen LogP contribution is 2.33.